The predicted octanol–water partition coefficient (Wildman–Crippen LogP) is 3.75. The van der Waals surface area contributed by atoms with E-state index in [0.717, 1.165) is 22.7 Å². The van der Waals surface area contributed by atoms with E-state index in [0.29, 0.717) is 36.8 Å². The smallest absolute Gasteiger partial charge is 0.224 e. The van der Waals surface area contributed by atoms with Gasteiger partial charge in [0.05, 0.1) is 11.4 Å². The first-order valence-electron chi connectivity index (χ1n) is 8.18. The van der Waals surface area contributed by atoms with E-state index < -0.39 is 0 Å². The van der Waals surface area contributed by atoms with Gasteiger partial charge in [0, 0.05) is 25.5 Å². The third-order valence-corrected chi connectivity index (χ3v) is 4.20. The Morgan fingerprint density at radius 1 is 1.12 bits per heavy atom. The summed E-state index contributed by atoms with van der Waals surface area (Å²) in [6.45, 7) is 1.13. The Labute approximate surface area is 152 Å². The number of halogens is 1. The van der Waals surface area contributed by atoms with Crippen molar-refractivity contribution in [2.75, 3.05) is 37.5 Å². The van der Waals surface area contributed by atoms with Gasteiger partial charge in [-0.05, 0) is 42.3 Å². The fourth-order valence-electron chi connectivity index (χ4n) is 2.71. The summed E-state index contributed by atoms with van der Waals surface area (Å²) < 4.78 is 11.1. The van der Waals surface area contributed by atoms with Crippen LogP contribution in [0, 0.1) is 0 Å². The first kappa shape index (κ1) is 17.4. The highest BCUT2D eigenvalue weighted by atomic mass is 35.5. The first-order chi connectivity index (χ1) is 12.0. The Hall–Kier alpha value is -2.40. The molecule has 5 nitrogen and oxygen atoms in total. The van der Waals surface area contributed by atoms with Gasteiger partial charge in [-0.1, -0.05) is 17.7 Å². The van der Waals surface area contributed by atoms with E-state index in [4.69, 9.17) is 21.1 Å². The second-order valence-corrected chi connectivity index (χ2v) is 6.52. The van der Waals surface area contributed by atoms with Crippen molar-refractivity contribution >= 4 is 28.9 Å². The van der Waals surface area contributed by atoms with Crippen LogP contribution in [-0.4, -0.2) is 33.2 Å². The molecule has 1 heterocycles. The van der Waals surface area contributed by atoms with Crippen LogP contribution in [0.4, 0.5) is 11.4 Å². The molecule has 1 aliphatic rings. The third kappa shape index (κ3) is 4.37. The monoisotopic (exact) mass is 360 g/mol. The molecule has 0 saturated heterocycles. The molecule has 2 aromatic carbocycles. The van der Waals surface area contributed by atoms with Crippen LogP contribution in [0.3, 0.4) is 0 Å². The van der Waals surface area contributed by atoms with Crippen LogP contribution in [0.15, 0.2) is 36.4 Å². The van der Waals surface area contributed by atoms with Crippen LogP contribution < -0.4 is 19.7 Å². The number of amides is 1. The minimum absolute atomic E-state index is 0.0553. The number of fused-ring (bicyclic) bond motifs is 1. The minimum atomic E-state index is -0.0553. The second-order valence-electron chi connectivity index (χ2n) is 6.08. The van der Waals surface area contributed by atoms with E-state index >= 15 is 0 Å². The van der Waals surface area contributed by atoms with Gasteiger partial charge in [-0.3, -0.25) is 4.79 Å². The molecular formula is C19H21ClN2O3. The summed E-state index contributed by atoms with van der Waals surface area (Å²) in [5, 5.41) is 3.53. The molecule has 6 heteroatoms. The summed E-state index contributed by atoms with van der Waals surface area (Å²) in [7, 11) is 3.85. The molecule has 0 saturated carbocycles. The van der Waals surface area contributed by atoms with Gasteiger partial charge in [0.1, 0.15) is 13.2 Å². The number of rotatable bonds is 5. The van der Waals surface area contributed by atoms with Crippen molar-refractivity contribution in [1.29, 1.82) is 0 Å². The van der Waals surface area contributed by atoms with Crippen molar-refractivity contribution < 1.29 is 14.3 Å². The lowest BCUT2D eigenvalue weighted by Gasteiger charge is -2.19. The lowest BCUT2D eigenvalue weighted by molar-refractivity contribution is -0.116. The van der Waals surface area contributed by atoms with E-state index in [1.165, 1.54) is 0 Å². The molecular weight excluding hydrogens is 340 g/mol. The molecule has 0 radical (unpaired) electrons. The molecule has 1 N–H and O–H groups in total. The normalized spacial score (nSPS) is 12.6. The highest BCUT2D eigenvalue weighted by Gasteiger charge is 2.13. The van der Waals surface area contributed by atoms with Crippen LogP contribution in [0.2, 0.25) is 5.02 Å². The fraction of sp³-hybridized carbons (Fsp3) is 0.316. The Balaban J connectivity index is 1.63. The van der Waals surface area contributed by atoms with Gasteiger partial charge in [-0.25, -0.2) is 0 Å². The molecule has 1 amide bonds. The summed E-state index contributed by atoms with van der Waals surface area (Å²) in [4.78, 5) is 14.3. The predicted molar refractivity (Wildman–Crippen MR) is 100 cm³/mol. The molecule has 1 aliphatic heterocycles. The highest BCUT2D eigenvalue weighted by molar-refractivity contribution is 6.31. The first-order valence-corrected chi connectivity index (χ1v) is 8.56. The number of carbonyl (C=O) groups excluding carboxylic acids is 1. The Morgan fingerprint density at radius 2 is 1.88 bits per heavy atom. The van der Waals surface area contributed by atoms with Gasteiger partial charge in [0.15, 0.2) is 11.5 Å². The number of nitrogens with one attached hydrogen (secondary N) is 1. The zero-order valence-electron chi connectivity index (χ0n) is 14.3. The second kappa shape index (κ2) is 7.66. The lowest BCUT2D eigenvalue weighted by atomic mass is 10.1. The average Bonchev–Trinajstić information content (AvgIpc) is 2.59. The Morgan fingerprint density at radius 3 is 2.64 bits per heavy atom. The summed E-state index contributed by atoms with van der Waals surface area (Å²) in [5.41, 5.74) is 2.67. The zero-order valence-corrected chi connectivity index (χ0v) is 15.1. The number of hydrogen-bond acceptors (Lipinski definition) is 4. The molecule has 132 valence electrons. The molecule has 2 aromatic rings. The standard InChI is InChI=1S/C19H21ClN2O3/c1-22(2)16-6-5-14(20)12-15(16)21-19(23)8-4-13-3-7-17-18(11-13)25-10-9-24-17/h3,5-7,11-12H,4,8-10H2,1-2H3,(H,21,23). The molecule has 3 rings (SSSR count). The molecule has 0 atom stereocenters. The number of anilines is 2. The van der Waals surface area contributed by atoms with E-state index in [1.807, 2.05) is 49.3 Å². The van der Waals surface area contributed by atoms with E-state index in [2.05, 4.69) is 5.32 Å². The van der Waals surface area contributed by atoms with Crippen LogP contribution in [0.1, 0.15) is 12.0 Å². The molecule has 25 heavy (non-hydrogen) atoms. The highest BCUT2D eigenvalue weighted by Crippen LogP contribution is 2.31. The van der Waals surface area contributed by atoms with Gasteiger partial charge in [-0.15, -0.1) is 0 Å². The van der Waals surface area contributed by atoms with Crippen LogP contribution >= 0.6 is 11.6 Å². The van der Waals surface area contributed by atoms with Gasteiger partial charge in [0.2, 0.25) is 5.91 Å². The maximum Gasteiger partial charge on any atom is 0.224 e. The molecule has 0 bridgehead atoms. The van der Waals surface area contributed by atoms with Crippen molar-refractivity contribution in [3.63, 3.8) is 0 Å². The molecule has 0 aromatic heterocycles. The van der Waals surface area contributed by atoms with Crippen LogP contribution in [0.25, 0.3) is 0 Å². The summed E-state index contributed by atoms with van der Waals surface area (Å²) in [6, 6.07) is 11.3. The van der Waals surface area contributed by atoms with Crippen LogP contribution in [-0.2, 0) is 11.2 Å². The van der Waals surface area contributed by atoms with Crippen molar-refractivity contribution in [3.8, 4) is 11.5 Å². The lowest BCUT2D eigenvalue weighted by Crippen LogP contribution is -2.17. The van der Waals surface area contributed by atoms with E-state index in [-0.39, 0.29) is 5.91 Å². The number of ether oxygens (including phenoxy) is 2. The number of hydrogen-bond donors (Lipinski definition) is 1. The zero-order chi connectivity index (χ0) is 17.8. The molecule has 0 fully saturated rings. The third-order valence-electron chi connectivity index (χ3n) is 3.96. The van der Waals surface area contributed by atoms with E-state index in [1.54, 1.807) is 6.07 Å². The number of carbonyl (C=O) groups is 1. The minimum Gasteiger partial charge on any atom is -0.486 e. The summed E-state index contributed by atoms with van der Waals surface area (Å²) in [5.74, 6) is 1.45. The van der Waals surface area contributed by atoms with Crippen molar-refractivity contribution in [3.05, 3.63) is 47.0 Å². The van der Waals surface area contributed by atoms with Gasteiger partial charge in [-0.2, -0.15) is 0 Å². The maximum atomic E-state index is 12.3. The number of nitrogens with zero attached hydrogens (tertiary/aromatic N) is 1. The largest absolute Gasteiger partial charge is 0.486 e. The summed E-state index contributed by atoms with van der Waals surface area (Å²) >= 11 is 6.05. The van der Waals surface area contributed by atoms with E-state index in [9.17, 15) is 4.79 Å². The number of aryl methyl sites for hydroxylation is 1. The maximum absolute atomic E-state index is 12.3. The Kier molecular flexibility index (Phi) is 5.34. The fourth-order valence-corrected chi connectivity index (χ4v) is 2.88. The summed E-state index contributed by atoms with van der Waals surface area (Å²) in [6.07, 6.45) is 0.999. The quantitative estimate of drug-likeness (QED) is 0.882. The van der Waals surface area contributed by atoms with Crippen molar-refractivity contribution in [2.45, 2.75) is 12.8 Å². The van der Waals surface area contributed by atoms with Crippen molar-refractivity contribution in [2.24, 2.45) is 0 Å². The topological polar surface area (TPSA) is 50.8 Å². The molecule has 0 unspecified atom stereocenters. The van der Waals surface area contributed by atoms with Crippen molar-refractivity contribution in [1.82, 2.24) is 0 Å². The number of benzene rings is 2. The molecule has 0 spiro atoms. The van der Waals surface area contributed by atoms with Gasteiger partial charge < -0.3 is 19.7 Å². The van der Waals surface area contributed by atoms with Crippen LogP contribution in [0.5, 0.6) is 11.5 Å². The SMILES string of the molecule is CN(C)c1ccc(Cl)cc1NC(=O)CCc1ccc2c(c1)OCCO2. The Bertz CT molecular complexity index is 777. The average molecular weight is 361 g/mol. The molecule has 0 aliphatic carbocycles. The van der Waals surface area contributed by atoms with Gasteiger partial charge in [0.25, 0.3) is 0 Å². The van der Waals surface area contributed by atoms with Gasteiger partial charge >= 0.3 is 0 Å².